The van der Waals surface area contributed by atoms with Gasteiger partial charge in [0.2, 0.25) is 0 Å². The molecule has 0 aromatic heterocycles. The second kappa shape index (κ2) is 11.6. The number of hydrogen-bond donors (Lipinski definition) is 1. The summed E-state index contributed by atoms with van der Waals surface area (Å²) in [5.74, 6) is 0.328. The van der Waals surface area contributed by atoms with E-state index in [0.717, 1.165) is 11.1 Å². The largest absolute Gasteiger partial charge is 0.493 e. The van der Waals surface area contributed by atoms with Crippen LogP contribution in [0.3, 0.4) is 0 Å². The smallest absolute Gasteiger partial charge is 0.269 e. The lowest BCUT2D eigenvalue weighted by Gasteiger charge is -2.14. The van der Waals surface area contributed by atoms with Crippen LogP contribution in [0.25, 0.3) is 6.08 Å². The van der Waals surface area contributed by atoms with Crippen molar-refractivity contribution in [1.82, 2.24) is 5.32 Å². The molecule has 0 aliphatic rings. The molecule has 3 rings (SSSR count). The summed E-state index contributed by atoms with van der Waals surface area (Å²) in [4.78, 5) is 22.8. The van der Waals surface area contributed by atoms with Crippen molar-refractivity contribution in [1.29, 1.82) is 5.26 Å². The summed E-state index contributed by atoms with van der Waals surface area (Å²) in [5.41, 5.74) is 2.18. The molecular formula is C25H20BrN3O5. The van der Waals surface area contributed by atoms with Gasteiger partial charge >= 0.3 is 0 Å². The zero-order chi connectivity index (χ0) is 24.5. The molecule has 0 aliphatic heterocycles. The van der Waals surface area contributed by atoms with Crippen molar-refractivity contribution in [2.45, 2.75) is 13.2 Å². The van der Waals surface area contributed by atoms with Crippen LogP contribution >= 0.6 is 15.9 Å². The third-order valence-electron chi connectivity index (χ3n) is 4.75. The highest BCUT2D eigenvalue weighted by atomic mass is 79.9. The molecule has 1 N–H and O–H groups in total. The summed E-state index contributed by atoms with van der Waals surface area (Å²) in [6.07, 6.45) is 1.47. The third-order valence-corrected chi connectivity index (χ3v) is 5.34. The van der Waals surface area contributed by atoms with E-state index in [1.54, 1.807) is 24.3 Å². The number of ether oxygens (including phenoxy) is 2. The molecule has 0 aliphatic carbocycles. The summed E-state index contributed by atoms with van der Waals surface area (Å²) >= 11 is 3.45. The van der Waals surface area contributed by atoms with Crippen molar-refractivity contribution < 1.29 is 19.2 Å². The van der Waals surface area contributed by atoms with Gasteiger partial charge in [-0.1, -0.05) is 30.3 Å². The Kier molecular flexibility index (Phi) is 8.37. The van der Waals surface area contributed by atoms with Crippen molar-refractivity contribution in [3.8, 4) is 17.6 Å². The number of nitriles is 1. The van der Waals surface area contributed by atoms with Crippen LogP contribution in [-0.2, 0) is 17.9 Å². The lowest BCUT2D eigenvalue weighted by molar-refractivity contribution is -0.384. The Bertz CT molecular complexity index is 1250. The molecule has 0 unspecified atom stereocenters. The van der Waals surface area contributed by atoms with Gasteiger partial charge in [-0.15, -0.1) is 0 Å². The monoisotopic (exact) mass is 521 g/mol. The van der Waals surface area contributed by atoms with Crippen molar-refractivity contribution in [3.05, 3.63) is 104 Å². The van der Waals surface area contributed by atoms with Crippen molar-refractivity contribution >= 4 is 33.6 Å². The molecule has 0 heterocycles. The Labute approximate surface area is 204 Å². The van der Waals surface area contributed by atoms with E-state index in [2.05, 4.69) is 21.2 Å². The molecule has 8 nitrogen and oxygen atoms in total. The summed E-state index contributed by atoms with van der Waals surface area (Å²) in [6, 6.07) is 20.7. The Morgan fingerprint density at radius 3 is 2.47 bits per heavy atom. The highest BCUT2D eigenvalue weighted by Crippen LogP contribution is 2.37. The minimum Gasteiger partial charge on any atom is -0.493 e. The van der Waals surface area contributed by atoms with Gasteiger partial charge in [0.1, 0.15) is 18.2 Å². The van der Waals surface area contributed by atoms with E-state index >= 15 is 0 Å². The SMILES string of the molecule is COc1cc(/C=C(\C#N)C(=O)NCc2ccccc2)cc(Br)c1OCc1ccc([N+](=O)[O-])cc1. The zero-order valence-corrected chi connectivity index (χ0v) is 19.7. The van der Waals surface area contributed by atoms with E-state index in [-0.39, 0.29) is 17.9 Å². The highest BCUT2D eigenvalue weighted by Gasteiger charge is 2.14. The molecule has 0 fully saturated rings. The highest BCUT2D eigenvalue weighted by molar-refractivity contribution is 9.10. The predicted molar refractivity (Wildman–Crippen MR) is 130 cm³/mol. The lowest BCUT2D eigenvalue weighted by Crippen LogP contribution is -2.23. The maximum Gasteiger partial charge on any atom is 0.269 e. The van der Waals surface area contributed by atoms with Crippen LogP contribution < -0.4 is 14.8 Å². The van der Waals surface area contributed by atoms with E-state index in [1.807, 2.05) is 36.4 Å². The van der Waals surface area contributed by atoms with Crippen LogP contribution in [-0.4, -0.2) is 17.9 Å². The first-order valence-corrected chi connectivity index (χ1v) is 10.9. The van der Waals surface area contributed by atoms with Crippen LogP contribution in [0.2, 0.25) is 0 Å². The maximum atomic E-state index is 12.5. The van der Waals surface area contributed by atoms with Crippen LogP contribution in [0.15, 0.2) is 76.8 Å². The standard InChI is InChI=1S/C25H20BrN3O5/c1-33-23-13-19(11-20(14-27)25(30)28-15-17-5-3-2-4-6-17)12-22(26)24(23)34-16-18-7-9-21(10-8-18)29(31)32/h2-13H,15-16H2,1H3,(H,28,30)/b20-11+. The summed E-state index contributed by atoms with van der Waals surface area (Å²) < 4.78 is 11.8. The second-order valence-corrected chi connectivity index (χ2v) is 7.94. The molecule has 9 heteroatoms. The summed E-state index contributed by atoms with van der Waals surface area (Å²) in [7, 11) is 1.48. The summed E-state index contributed by atoms with van der Waals surface area (Å²) in [5, 5.41) is 23.0. The summed E-state index contributed by atoms with van der Waals surface area (Å²) in [6.45, 7) is 0.467. The topological polar surface area (TPSA) is 114 Å². The first-order valence-electron chi connectivity index (χ1n) is 10.1. The zero-order valence-electron chi connectivity index (χ0n) is 18.2. The number of non-ortho nitro benzene ring substituents is 1. The number of carbonyl (C=O) groups excluding carboxylic acids is 1. The van der Waals surface area contributed by atoms with Gasteiger partial charge in [0.05, 0.1) is 16.5 Å². The number of benzene rings is 3. The number of amides is 1. The molecule has 0 atom stereocenters. The van der Waals surface area contributed by atoms with Gasteiger partial charge in [0.15, 0.2) is 11.5 Å². The van der Waals surface area contributed by atoms with E-state index in [4.69, 9.17) is 9.47 Å². The molecule has 3 aromatic carbocycles. The number of nitro benzene ring substituents is 1. The van der Waals surface area contributed by atoms with Gasteiger partial charge in [-0.25, -0.2) is 0 Å². The quantitative estimate of drug-likeness (QED) is 0.180. The number of rotatable bonds is 9. The number of nitro groups is 1. The first kappa shape index (κ1) is 24.5. The Morgan fingerprint density at radius 1 is 1.15 bits per heavy atom. The molecule has 0 saturated carbocycles. The molecule has 1 amide bonds. The fourth-order valence-electron chi connectivity index (χ4n) is 3.02. The molecule has 0 spiro atoms. The maximum absolute atomic E-state index is 12.5. The van der Waals surface area contributed by atoms with E-state index in [1.165, 1.54) is 25.3 Å². The number of methoxy groups -OCH3 is 1. The molecule has 34 heavy (non-hydrogen) atoms. The minimum absolute atomic E-state index is 0.000228. The fraction of sp³-hybridized carbons (Fsp3) is 0.120. The molecule has 3 aromatic rings. The van der Waals surface area contributed by atoms with E-state index in [9.17, 15) is 20.2 Å². The first-order chi connectivity index (χ1) is 16.4. The average molecular weight is 522 g/mol. The normalized spacial score (nSPS) is 10.8. The number of carbonyl (C=O) groups is 1. The van der Waals surface area contributed by atoms with Crippen LogP contribution in [0.4, 0.5) is 5.69 Å². The van der Waals surface area contributed by atoms with Gasteiger partial charge in [-0.3, -0.25) is 14.9 Å². The molecule has 0 saturated heterocycles. The van der Waals surface area contributed by atoms with E-state index < -0.39 is 10.8 Å². The second-order valence-electron chi connectivity index (χ2n) is 7.08. The Hall–Kier alpha value is -4.16. The van der Waals surface area contributed by atoms with Crippen LogP contribution in [0, 0.1) is 21.4 Å². The Morgan fingerprint density at radius 2 is 1.85 bits per heavy atom. The lowest BCUT2D eigenvalue weighted by atomic mass is 10.1. The number of nitrogens with zero attached hydrogens (tertiary/aromatic N) is 2. The number of nitrogens with one attached hydrogen (secondary N) is 1. The van der Waals surface area contributed by atoms with Crippen molar-refractivity contribution in [2.24, 2.45) is 0 Å². The molecular weight excluding hydrogens is 502 g/mol. The van der Waals surface area contributed by atoms with Gasteiger partial charge in [0.25, 0.3) is 11.6 Å². The van der Waals surface area contributed by atoms with Crippen molar-refractivity contribution in [2.75, 3.05) is 7.11 Å². The Balaban J connectivity index is 1.74. The minimum atomic E-state index is -0.486. The fourth-order valence-corrected chi connectivity index (χ4v) is 3.60. The molecule has 0 bridgehead atoms. The predicted octanol–water partition coefficient (Wildman–Crippen LogP) is 5.17. The van der Waals surface area contributed by atoms with Crippen LogP contribution in [0.1, 0.15) is 16.7 Å². The number of halogens is 1. The van der Waals surface area contributed by atoms with Gasteiger partial charge in [0, 0.05) is 18.7 Å². The van der Waals surface area contributed by atoms with Crippen LogP contribution in [0.5, 0.6) is 11.5 Å². The molecule has 0 radical (unpaired) electrons. The third kappa shape index (κ3) is 6.43. The van der Waals surface area contributed by atoms with Gasteiger partial charge in [-0.05, 0) is 63.0 Å². The average Bonchev–Trinajstić information content (AvgIpc) is 2.85. The molecule has 172 valence electrons. The van der Waals surface area contributed by atoms with Gasteiger partial charge in [-0.2, -0.15) is 5.26 Å². The van der Waals surface area contributed by atoms with Crippen molar-refractivity contribution in [3.63, 3.8) is 0 Å². The number of hydrogen-bond acceptors (Lipinski definition) is 6. The van der Waals surface area contributed by atoms with Gasteiger partial charge < -0.3 is 14.8 Å². The van der Waals surface area contributed by atoms with E-state index in [0.29, 0.717) is 28.1 Å².